The molecular formula is C17H21N3O2. The summed E-state index contributed by atoms with van der Waals surface area (Å²) in [7, 11) is 2.11. The van der Waals surface area contributed by atoms with Crippen LogP contribution in [0.25, 0.3) is 10.9 Å². The van der Waals surface area contributed by atoms with Gasteiger partial charge in [-0.1, -0.05) is 0 Å². The molecule has 1 aromatic carbocycles. The molecular weight excluding hydrogens is 278 g/mol. The van der Waals surface area contributed by atoms with E-state index >= 15 is 0 Å². The van der Waals surface area contributed by atoms with Crippen LogP contribution < -0.4 is 9.64 Å². The number of anilines is 1. The average molecular weight is 299 g/mol. The van der Waals surface area contributed by atoms with Crippen LogP contribution in [-0.2, 0) is 0 Å². The summed E-state index contributed by atoms with van der Waals surface area (Å²) in [6, 6.07) is 7.72. The Kier molecular flexibility index (Phi) is 4.24. The fraction of sp³-hybridized carbons (Fsp3) is 0.412. The summed E-state index contributed by atoms with van der Waals surface area (Å²) in [5.74, 6) is 1.60. The number of fused-ring (bicyclic) bond motifs is 1. The van der Waals surface area contributed by atoms with Crippen LogP contribution in [-0.4, -0.2) is 56.0 Å². The molecule has 1 aliphatic rings. The third-order valence-corrected chi connectivity index (χ3v) is 4.04. The molecule has 0 atom stereocenters. The molecule has 5 nitrogen and oxygen atoms in total. The maximum absolute atomic E-state index is 11.5. The van der Waals surface area contributed by atoms with Crippen molar-refractivity contribution in [1.29, 1.82) is 0 Å². The van der Waals surface area contributed by atoms with Gasteiger partial charge in [0.05, 0.1) is 17.7 Å². The van der Waals surface area contributed by atoms with Crippen molar-refractivity contribution in [3.63, 3.8) is 0 Å². The van der Waals surface area contributed by atoms with Crippen molar-refractivity contribution >= 4 is 23.0 Å². The number of ether oxygens (including phenoxy) is 1. The van der Waals surface area contributed by atoms with Gasteiger partial charge in [-0.3, -0.25) is 4.79 Å². The van der Waals surface area contributed by atoms with Gasteiger partial charge in [-0.25, -0.2) is 4.98 Å². The van der Waals surface area contributed by atoms with E-state index in [9.17, 15) is 4.79 Å². The predicted molar refractivity (Wildman–Crippen MR) is 88.0 cm³/mol. The van der Waals surface area contributed by atoms with Gasteiger partial charge in [0.15, 0.2) is 6.29 Å². The molecule has 5 heteroatoms. The number of piperazine rings is 1. The van der Waals surface area contributed by atoms with Gasteiger partial charge < -0.3 is 14.5 Å². The number of hydrogen-bond acceptors (Lipinski definition) is 5. The number of benzene rings is 1. The van der Waals surface area contributed by atoms with E-state index in [1.807, 2.05) is 31.2 Å². The number of likely N-dealkylation sites (N-methyl/N-ethyl adjacent to an activating group) is 1. The van der Waals surface area contributed by atoms with Gasteiger partial charge in [-0.15, -0.1) is 0 Å². The van der Waals surface area contributed by atoms with Gasteiger partial charge >= 0.3 is 0 Å². The highest BCUT2D eigenvalue weighted by Crippen LogP contribution is 2.26. The fourth-order valence-corrected chi connectivity index (χ4v) is 2.78. The van der Waals surface area contributed by atoms with Gasteiger partial charge in [0.1, 0.15) is 11.6 Å². The molecule has 0 amide bonds. The molecule has 0 bridgehead atoms. The minimum absolute atomic E-state index is 0.624. The lowest BCUT2D eigenvalue weighted by molar-refractivity contribution is 0.112. The highest BCUT2D eigenvalue weighted by Gasteiger charge is 2.19. The van der Waals surface area contributed by atoms with Crippen molar-refractivity contribution in [1.82, 2.24) is 9.88 Å². The first-order valence-electron chi connectivity index (χ1n) is 7.67. The molecule has 0 spiro atoms. The molecule has 0 aliphatic carbocycles. The van der Waals surface area contributed by atoms with Gasteiger partial charge in [-0.05, 0) is 38.2 Å². The van der Waals surface area contributed by atoms with Crippen molar-refractivity contribution in [2.45, 2.75) is 6.92 Å². The summed E-state index contributed by atoms with van der Waals surface area (Å²) < 4.78 is 5.51. The van der Waals surface area contributed by atoms with E-state index in [0.717, 1.165) is 54.9 Å². The molecule has 2 heterocycles. The van der Waals surface area contributed by atoms with Crippen LogP contribution in [0.2, 0.25) is 0 Å². The van der Waals surface area contributed by atoms with Crippen LogP contribution >= 0.6 is 0 Å². The number of rotatable bonds is 4. The lowest BCUT2D eigenvalue weighted by Crippen LogP contribution is -2.45. The Morgan fingerprint density at radius 1 is 1.23 bits per heavy atom. The zero-order valence-corrected chi connectivity index (χ0v) is 13.1. The van der Waals surface area contributed by atoms with Crippen LogP contribution in [0.4, 0.5) is 5.82 Å². The van der Waals surface area contributed by atoms with Crippen LogP contribution in [0.5, 0.6) is 5.75 Å². The van der Waals surface area contributed by atoms with E-state index in [0.29, 0.717) is 12.2 Å². The Hall–Kier alpha value is -2.14. The van der Waals surface area contributed by atoms with Gasteiger partial charge in [0, 0.05) is 31.6 Å². The number of nitrogens with zero attached hydrogens (tertiary/aromatic N) is 3. The third-order valence-electron chi connectivity index (χ3n) is 4.04. The van der Waals surface area contributed by atoms with Crippen LogP contribution in [0.15, 0.2) is 24.3 Å². The predicted octanol–water partition coefficient (Wildman–Crippen LogP) is 2.20. The molecule has 1 saturated heterocycles. The second-order valence-electron chi connectivity index (χ2n) is 5.60. The quantitative estimate of drug-likeness (QED) is 0.810. The van der Waals surface area contributed by atoms with Crippen molar-refractivity contribution < 1.29 is 9.53 Å². The molecule has 2 aromatic rings. The van der Waals surface area contributed by atoms with Crippen molar-refractivity contribution in [3.05, 3.63) is 29.8 Å². The molecule has 0 radical (unpaired) electrons. The first-order chi connectivity index (χ1) is 10.7. The van der Waals surface area contributed by atoms with E-state index in [-0.39, 0.29) is 0 Å². The minimum Gasteiger partial charge on any atom is -0.494 e. The largest absolute Gasteiger partial charge is 0.494 e. The number of hydrogen-bond donors (Lipinski definition) is 0. The number of aldehydes is 1. The highest BCUT2D eigenvalue weighted by atomic mass is 16.5. The Labute approximate surface area is 130 Å². The van der Waals surface area contributed by atoms with E-state index in [1.54, 1.807) is 0 Å². The lowest BCUT2D eigenvalue weighted by atomic mass is 10.1. The molecule has 1 fully saturated rings. The zero-order valence-electron chi connectivity index (χ0n) is 13.1. The molecule has 0 saturated carbocycles. The molecule has 3 rings (SSSR count). The zero-order chi connectivity index (χ0) is 15.5. The fourth-order valence-electron chi connectivity index (χ4n) is 2.78. The Balaban J connectivity index is 1.99. The summed E-state index contributed by atoms with van der Waals surface area (Å²) in [6.45, 7) is 6.34. The normalized spacial score (nSPS) is 16.0. The van der Waals surface area contributed by atoms with Gasteiger partial charge in [0.25, 0.3) is 0 Å². The minimum atomic E-state index is 0.624. The second-order valence-corrected chi connectivity index (χ2v) is 5.60. The third kappa shape index (κ3) is 2.90. The number of aromatic nitrogens is 1. The Morgan fingerprint density at radius 3 is 2.68 bits per heavy atom. The lowest BCUT2D eigenvalue weighted by Gasteiger charge is -2.33. The first kappa shape index (κ1) is 14.8. The maximum Gasteiger partial charge on any atom is 0.153 e. The Bertz CT molecular complexity index is 679. The number of carbonyl (C=O) groups is 1. The smallest absolute Gasteiger partial charge is 0.153 e. The topological polar surface area (TPSA) is 45.7 Å². The van der Waals surface area contributed by atoms with Crippen LogP contribution in [0, 0.1) is 0 Å². The summed E-state index contributed by atoms with van der Waals surface area (Å²) in [5, 5.41) is 0.936. The van der Waals surface area contributed by atoms with E-state index in [1.165, 1.54) is 0 Å². The summed E-state index contributed by atoms with van der Waals surface area (Å²) in [4.78, 5) is 20.7. The molecule has 22 heavy (non-hydrogen) atoms. The summed E-state index contributed by atoms with van der Waals surface area (Å²) >= 11 is 0. The van der Waals surface area contributed by atoms with E-state index in [4.69, 9.17) is 9.72 Å². The monoisotopic (exact) mass is 299 g/mol. The van der Waals surface area contributed by atoms with Crippen molar-refractivity contribution in [3.8, 4) is 5.75 Å². The molecule has 0 unspecified atom stereocenters. The van der Waals surface area contributed by atoms with Crippen LogP contribution in [0.1, 0.15) is 17.3 Å². The summed E-state index contributed by atoms with van der Waals surface area (Å²) in [6.07, 6.45) is 0.896. The molecule has 116 valence electrons. The number of carbonyl (C=O) groups excluding carboxylic acids is 1. The second kappa shape index (κ2) is 6.32. The maximum atomic E-state index is 11.5. The average Bonchev–Trinajstić information content (AvgIpc) is 2.54. The first-order valence-corrected chi connectivity index (χ1v) is 7.67. The highest BCUT2D eigenvalue weighted by molar-refractivity contribution is 5.92. The molecule has 1 aromatic heterocycles. The molecule has 0 N–H and O–H groups in total. The van der Waals surface area contributed by atoms with Crippen LogP contribution in [0.3, 0.4) is 0 Å². The van der Waals surface area contributed by atoms with Gasteiger partial charge in [-0.2, -0.15) is 0 Å². The van der Waals surface area contributed by atoms with E-state index in [2.05, 4.69) is 16.8 Å². The number of pyridine rings is 1. The van der Waals surface area contributed by atoms with Crippen molar-refractivity contribution in [2.24, 2.45) is 0 Å². The van der Waals surface area contributed by atoms with Crippen molar-refractivity contribution in [2.75, 3.05) is 44.7 Å². The Morgan fingerprint density at radius 2 is 2.00 bits per heavy atom. The molecule has 1 aliphatic heterocycles. The standard InChI is InChI=1S/C17H21N3O2/c1-3-22-15-4-5-16-13(11-15)10-14(12-21)17(18-16)20-8-6-19(2)7-9-20/h4-5,10-12H,3,6-9H2,1-2H3. The summed E-state index contributed by atoms with van der Waals surface area (Å²) in [5.41, 5.74) is 1.54. The SMILES string of the molecule is CCOc1ccc2nc(N3CCN(C)CC3)c(C=O)cc2c1. The van der Waals surface area contributed by atoms with E-state index < -0.39 is 0 Å². The van der Waals surface area contributed by atoms with Gasteiger partial charge in [0.2, 0.25) is 0 Å².